The Bertz CT molecular complexity index is 410. The molecule has 0 saturated carbocycles. The van der Waals surface area contributed by atoms with E-state index in [1.807, 2.05) is 19.9 Å². The molecule has 112 valence electrons. The molecule has 0 saturated heterocycles. The van der Waals surface area contributed by atoms with Gasteiger partial charge in [0.05, 0.1) is 14.2 Å². The first-order chi connectivity index (χ1) is 9.36. The number of carbonyl (C=O) groups is 3. The number of carbonyl (C=O) groups excluding carboxylic acids is 3. The van der Waals surface area contributed by atoms with E-state index in [1.54, 1.807) is 6.08 Å². The highest BCUT2D eigenvalue weighted by Gasteiger charge is 2.40. The number of methoxy groups -OCH3 is 2. The molecule has 0 aromatic carbocycles. The number of esters is 2. The summed E-state index contributed by atoms with van der Waals surface area (Å²) in [6.45, 7) is 3.89. The van der Waals surface area contributed by atoms with Gasteiger partial charge in [0.2, 0.25) is 0 Å². The lowest BCUT2D eigenvalue weighted by molar-refractivity contribution is -0.159. The third-order valence-corrected chi connectivity index (χ3v) is 4.33. The van der Waals surface area contributed by atoms with Gasteiger partial charge in [0.1, 0.15) is 0 Å². The van der Waals surface area contributed by atoms with Crippen LogP contribution in [0.1, 0.15) is 33.1 Å². The molecule has 0 aromatic rings. The maximum absolute atomic E-state index is 12.1. The van der Waals surface area contributed by atoms with Gasteiger partial charge in [-0.05, 0) is 31.3 Å². The van der Waals surface area contributed by atoms with Crippen LogP contribution >= 0.6 is 0 Å². The summed E-state index contributed by atoms with van der Waals surface area (Å²) in [7, 11) is 2.47. The van der Waals surface area contributed by atoms with Gasteiger partial charge in [0.25, 0.3) is 0 Å². The molecule has 0 aliphatic heterocycles. The van der Waals surface area contributed by atoms with Crippen molar-refractivity contribution in [1.29, 1.82) is 0 Å². The first-order valence-corrected chi connectivity index (χ1v) is 6.73. The first-order valence-electron chi connectivity index (χ1n) is 6.73. The summed E-state index contributed by atoms with van der Waals surface area (Å²) in [5, 5.41) is 0. The van der Waals surface area contributed by atoms with Gasteiger partial charge >= 0.3 is 11.9 Å². The summed E-state index contributed by atoms with van der Waals surface area (Å²) in [5.74, 6) is -1.98. The highest BCUT2D eigenvalue weighted by molar-refractivity contribution is 5.96. The molecule has 0 heterocycles. The smallest absolute Gasteiger partial charge is 0.320 e. The summed E-state index contributed by atoms with van der Waals surface area (Å²) in [5.41, 5.74) is -0.547. The molecular weight excluding hydrogens is 260 g/mol. The topological polar surface area (TPSA) is 69.7 Å². The molecule has 0 amide bonds. The zero-order valence-corrected chi connectivity index (χ0v) is 12.5. The largest absolute Gasteiger partial charge is 0.468 e. The molecule has 20 heavy (non-hydrogen) atoms. The minimum absolute atomic E-state index is 0.0460. The molecule has 1 rings (SSSR count). The summed E-state index contributed by atoms with van der Waals surface area (Å²) in [6, 6.07) is 0. The van der Waals surface area contributed by atoms with Crippen LogP contribution < -0.4 is 0 Å². The summed E-state index contributed by atoms with van der Waals surface area (Å²) >= 11 is 0. The molecule has 1 aliphatic carbocycles. The maximum Gasteiger partial charge on any atom is 0.320 e. The van der Waals surface area contributed by atoms with Crippen LogP contribution in [0.2, 0.25) is 0 Å². The molecule has 1 aliphatic rings. The molecule has 0 radical (unpaired) electrons. The number of ketones is 1. The minimum atomic E-state index is -0.965. The fourth-order valence-electron chi connectivity index (χ4n) is 2.50. The molecule has 5 nitrogen and oxygen atoms in total. The average Bonchev–Trinajstić information content (AvgIpc) is 2.44. The van der Waals surface area contributed by atoms with Gasteiger partial charge in [-0.2, -0.15) is 0 Å². The van der Waals surface area contributed by atoms with Crippen LogP contribution in [0.25, 0.3) is 0 Å². The van der Waals surface area contributed by atoms with Gasteiger partial charge in [-0.3, -0.25) is 14.4 Å². The summed E-state index contributed by atoms with van der Waals surface area (Å²) < 4.78 is 9.25. The summed E-state index contributed by atoms with van der Waals surface area (Å²) in [6.07, 6.45) is 4.98. The Morgan fingerprint density at radius 1 is 1.35 bits per heavy atom. The van der Waals surface area contributed by atoms with Gasteiger partial charge in [-0.1, -0.05) is 19.9 Å². The Kier molecular flexibility index (Phi) is 5.48. The lowest BCUT2D eigenvalue weighted by Crippen LogP contribution is -2.37. The molecule has 0 bridgehead atoms. The molecule has 0 unspecified atom stereocenters. The van der Waals surface area contributed by atoms with Crippen molar-refractivity contribution in [3.63, 3.8) is 0 Å². The third-order valence-electron chi connectivity index (χ3n) is 4.33. The van der Waals surface area contributed by atoms with Crippen molar-refractivity contribution in [2.75, 3.05) is 14.2 Å². The number of rotatable bonds is 5. The molecular formula is C15H22O5. The molecule has 0 fully saturated rings. The van der Waals surface area contributed by atoms with Gasteiger partial charge in [-0.15, -0.1) is 0 Å². The van der Waals surface area contributed by atoms with Crippen LogP contribution in [0.4, 0.5) is 0 Å². The highest BCUT2D eigenvalue weighted by Crippen LogP contribution is 2.40. The van der Waals surface area contributed by atoms with Crippen LogP contribution in [0.3, 0.4) is 0 Å². The summed E-state index contributed by atoms with van der Waals surface area (Å²) in [4.78, 5) is 35.4. The zero-order valence-electron chi connectivity index (χ0n) is 12.5. The molecule has 5 heteroatoms. The maximum atomic E-state index is 12.1. The van der Waals surface area contributed by atoms with Crippen molar-refractivity contribution in [2.24, 2.45) is 17.3 Å². The van der Waals surface area contributed by atoms with Gasteiger partial charge < -0.3 is 9.47 Å². The van der Waals surface area contributed by atoms with Crippen LogP contribution in [-0.4, -0.2) is 31.9 Å². The Labute approximate surface area is 119 Å². The Balaban J connectivity index is 2.81. The van der Waals surface area contributed by atoms with Gasteiger partial charge in [-0.25, -0.2) is 0 Å². The Morgan fingerprint density at radius 3 is 2.35 bits per heavy atom. The predicted molar refractivity (Wildman–Crippen MR) is 72.8 cm³/mol. The molecule has 0 spiro atoms. The number of hydrogen-bond donors (Lipinski definition) is 0. The van der Waals surface area contributed by atoms with E-state index < -0.39 is 23.3 Å². The average molecular weight is 282 g/mol. The monoisotopic (exact) mass is 282 g/mol. The standard InChI is InChI=1S/C15H22O5/c1-10-6-5-7-12(16)15(10,2)9-8-11(13(17)19-3)14(18)20-4/h5,7,10-11H,6,8-9H2,1-4H3/t10-,15+/m1/s1. The predicted octanol–water partition coefficient (Wildman–Crippen LogP) is 1.90. The lowest BCUT2D eigenvalue weighted by atomic mass is 9.67. The van der Waals surface area contributed by atoms with Crippen LogP contribution in [-0.2, 0) is 23.9 Å². The molecule has 2 atom stereocenters. The second-order valence-corrected chi connectivity index (χ2v) is 5.46. The van der Waals surface area contributed by atoms with E-state index in [9.17, 15) is 14.4 Å². The fourth-order valence-corrected chi connectivity index (χ4v) is 2.50. The van der Waals surface area contributed by atoms with Gasteiger partial charge in [0, 0.05) is 5.41 Å². The van der Waals surface area contributed by atoms with Gasteiger partial charge in [0.15, 0.2) is 11.7 Å². The zero-order chi connectivity index (χ0) is 15.3. The van der Waals surface area contributed by atoms with E-state index in [0.29, 0.717) is 6.42 Å². The molecule has 0 N–H and O–H groups in total. The van der Waals surface area contributed by atoms with Crippen molar-refractivity contribution >= 4 is 17.7 Å². The van der Waals surface area contributed by atoms with E-state index in [0.717, 1.165) is 6.42 Å². The normalized spacial score (nSPS) is 25.6. The van der Waals surface area contributed by atoms with Crippen molar-refractivity contribution in [3.8, 4) is 0 Å². The van der Waals surface area contributed by atoms with E-state index >= 15 is 0 Å². The van der Waals surface area contributed by atoms with Crippen molar-refractivity contribution < 1.29 is 23.9 Å². The van der Waals surface area contributed by atoms with E-state index in [2.05, 4.69) is 9.47 Å². The Morgan fingerprint density at radius 2 is 1.90 bits per heavy atom. The van der Waals surface area contributed by atoms with Crippen LogP contribution in [0, 0.1) is 17.3 Å². The van der Waals surface area contributed by atoms with E-state index in [1.165, 1.54) is 14.2 Å². The number of hydrogen-bond acceptors (Lipinski definition) is 5. The third kappa shape index (κ3) is 3.26. The fraction of sp³-hybridized carbons (Fsp3) is 0.667. The second-order valence-electron chi connectivity index (χ2n) is 5.46. The highest BCUT2D eigenvalue weighted by atomic mass is 16.5. The van der Waals surface area contributed by atoms with E-state index in [4.69, 9.17) is 0 Å². The quantitative estimate of drug-likeness (QED) is 0.569. The molecule has 0 aromatic heterocycles. The van der Waals surface area contributed by atoms with Crippen molar-refractivity contribution in [1.82, 2.24) is 0 Å². The van der Waals surface area contributed by atoms with Crippen molar-refractivity contribution in [3.05, 3.63) is 12.2 Å². The van der Waals surface area contributed by atoms with E-state index in [-0.39, 0.29) is 18.1 Å². The van der Waals surface area contributed by atoms with Crippen LogP contribution in [0.5, 0.6) is 0 Å². The number of ether oxygens (including phenoxy) is 2. The first kappa shape index (κ1) is 16.4. The SMILES string of the molecule is COC(=O)C(CC[C@]1(C)C(=O)C=CC[C@H]1C)C(=O)OC. The minimum Gasteiger partial charge on any atom is -0.468 e. The second kappa shape index (κ2) is 6.68. The lowest BCUT2D eigenvalue weighted by Gasteiger charge is -2.36. The number of allylic oxidation sites excluding steroid dienone is 2. The Hall–Kier alpha value is -1.65. The van der Waals surface area contributed by atoms with Crippen molar-refractivity contribution in [2.45, 2.75) is 33.1 Å². The van der Waals surface area contributed by atoms with Crippen LogP contribution in [0.15, 0.2) is 12.2 Å².